The number of anilines is 1. The van der Waals surface area contributed by atoms with Gasteiger partial charge < -0.3 is 15.0 Å². The maximum absolute atomic E-state index is 13.9. The minimum absolute atomic E-state index is 0.0795. The summed E-state index contributed by atoms with van der Waals surface area (Å²) in [5.41, 5.74) is 1.71. The summed E-state index contributed by atoms with van der Waals surface area (Å²) in [5.74, 6) is 5.97. The molecule has 3 aromatic rings. The number of nitrogens with one attached hydrogen (secondary N) is 1. The van der Waals surface area contributed by atoms with Crippen LogP contribution in [-0.4, -0.2) is 61.0 Å². The highest BCUT2D eigenvalue weighted by Crippen LogP contribution is 2.34. The minimum atomic E-state index is -4.54. The number of likely N-dealkylation sites (N-methyl/N-ethyl adjacent to an activating group) is 1. The van der Waals surface area contributed by atoms with Crippen molar-refractivity contribution in [2.75, 3.05) is 45.7 Å². The molecule has 1 aliphatic heterocycles. The number of methoxy groups -OCH3 is 1. The van der Waals surface area contributed by atoms with Gasteiger partial charge in [-0.1, -0.05) is 18.1 Å². The van der Waals surface area contributed by atoms with Crippen molar-refractivity contribution in [2.45, 2.75) is 19.6 Å². The van der Waals surface area contributed by atoms with Gasteiger partial charge in [0.2, 0.25) is 0 Å². The molecule has 0 unspecified atom stereocenters. The number of rotatable bonds is 5. The normalized spacial score (nSPS) is 14.5. The molecule has 198 valence electrons. The first-order valence-corrected chi connectivity index (χ1v) is 12.2. The highest BCUT2D eigenvalue weighted by Gasteiger charge is 2.34. The molecule has 0 radical (unpaired) electrons. The van der Waals surface area contributed by atoms with E-state index in [-0.39, 0.29) is 23.4 Å². The molecular weight excluding hydrogens is 493 g/mol. The first-order chi connectivity index (χ1) is 18.1. The molecule has 0 spiro atoms. The fourth-order valence-electron chi connectivity index (χ4n) is 4.18. The Bertz CT molecular complexity index is 1370. The summed E-state index contributed by atoms with van der Waals surface area (Å²) in [7, 11) is 3.53. The van der Waals surface area contributed by atoms with Gasteiger partial charge in [0.1, 0.15) is 0 Å². The molecular formula is C29H29F3N4O2. The number of hydrogen-bond donors (Lipinski definition) is 1. The lowest BCUT2D eigenvalue weighted by molar-refractivity contribution is -0.138. The number of amides is 1. The van der Waals surface area contributed by atoms with Gasteiger partial charge in [-0.15, -0.1) is 0 Å². The number of aryl methyl sites for hydroxylation is 1. The number of carbonyl (C=O) groups excluding carboxylic acids is 1. The summed E-state index contributed by atoms with van der Waals surface area (Å²) in [4.78, 5) is 21.3. The molecule has 1 fully saturated rings. The summed E-state index contributed by atoms with van der Waals surface area (Å²) in [6.07, 6.45) is -2.93. The number of carbonyl (C=O) groups is 1. The number of ether oxygens (including phenoxy) is 1. The fourth-order valence-corrected chi connectivity index (χ4v) is 4.18. The van der Waals surface area contributed by atoms with Crippen molar-refractivity contribution in [3.05, 3.63) is 88.2 Å². The number of piperazine rings is 1. The third-order valence-electron chi connectivity index (χ3n) is 6.47. The summed E-state index contributed by atoms with van der Waals surface area (Å²) >= 11 is 0. The topological polar surface area (TPSA) is 57.7 Å². The maximum Gasteiger partial charge on any atom is 0.416 e. The molecule has 0 aliphatic carbocycles. The Balaban J connectivity index is 1.54. The highest BCUT2D eigenvalue weighted by atomic mass is 19.4. The molecule has 1 aromatic heterocycles. The molecule has 0 bridgehead atoms. The Morgan fingerprint density at radius 2 is 1.84 bits per heavy atom. The van der Waals surface area contributed by atoms with E-state index in [0.717, 1.165) is 24.7 Å². The zero-order chi connectivity index (χ0) is 27.3. The van der Waals surface area contributed by atoms with E-state index in [1.54, 1.807) is 36.5 Å². The van der Waals surface area contributed by atoms with Crippen LogP contribution in [0.25, 0.3) is 0 Å². The van der Waals surface area contributed by atoms with E-state index in [1.165, 1.54) is 19.2 Å². The number of hydrogen-bond acceptors (Lipinski definition) is 5. The Hall–Kier alpha value is -3.87. The zero-order valence-corrected chi connectivity index (χ0v) is 21.5. The Morgan fingerprint density at radius 3 is 2.55 bits per heavy atom. The number of halogens is 3. The minimum Gasteiger partial charge on any atom is -0.494 e. The van der Waals surface area contributed by atoms with Crippen molar-refractivity contribution >= 4 is 11.6 Å². The standard InChI is InChI=1S/C29H29F3N4O2/c1-20-6-7-22(17-21(20)9-11-26-27(38-3)5-4-12-33-26)28(37)34-24-10-8-23(25(18-24)29(30,31)32)19-36-15-13-35(2)14-16-36/h4-8,10,12,17-18H,13-16,19H2,1-3H3,(H,34,37). The zero-order valence-electron chi connectivity index (χ0n) is 21.5. The molecule has 1 aliphatic rings. The SMILES string of the molecule is COc1cccnc1C#Cc1cc(C(=O)Nc2ccc(CN3CCN(C)CC3)c(C(F)(F)F)c2)ccc1C. The third-order valence-corrected chi connectivity index (χ3v) is 6.47. The van der Waals surface area contributed by atoms with Crippen LogP contribution < -0.4 is 10.1 Å². The largest absolute Gasteiger partial charge is 0.494 e. The number of benzene rings is 2. The van der Waals surface area contributed by atoms with Crippen LogP contribution in [0.1, 0.15) is 38.3 Å². The van der Waals surface area contributed by atoms with Crippen molar-refractivity contribution < 1.29 is 22.7 Å². The second kappa shape index (κ2) is 11.7. The van der Waals surface area contributed by atoms with E-state index < -0.39 is 17.6 Å². The fraction of sp³-hybridized carbons (Fsp3) is 0.310. The van der Waals surface area contributed by atoms with Crippen molar-refractivity contribution in [3.63, 3.8) is 0 Å². The van der Waals surface area contributed by atoms with Crippen LogP contribution in [0, 0.1) is 18.8 Å². The van der Waals surface area contributed by atoms with E-state index in [4.69, 9.17) is 4.74 Å². The van der Waals surface area contributed by atoms with Crippen LogP contribution in [0.15, 0.2) is 54.7 Å². The van der Waals surface area contributed by atoms with Crippen molar-refractivity contribution in [1.82, 2.24) is 14.8 Å². The van der Waals surface area contributed by atoms with Gasteiger partial charge in [-0.25, -0.2) is 4.98 Å². The summed E-state index contributed by atoms with van der Waals surface area (Å²) < 4.78 is 47.0. The quantitative estimate of drug-likeness (QED) is 0.487. The lowest BCUT2D eigenvalue weighted by Crippen LogP contribution is -2.44. The van der Waals surface area contributed by atoms with Crippen molar-refractivity contribution in [3.8, 4) is 17.6 Å². The predicted molar refractivity (Wildman–Crippen MR) is 140 cm³/mol. The third kappa shape index (κ3) is 6.71. The van der Waals surface area contributed by atoms with Gasteiger partial charge in [-0.3, -0.25) is 9.69 Å². The monoisotopic (exact) mass is 522 g/mol. The molecule has 1 amide bonds. The number of pyridine rings is 1. The first kappa shape index (κ1) is 27.2. The molecule has 0 saturated carbocycles. The number of aromatic nitrogens is 1. The lowest BCUT2D eigenvalue weighted by Gasteiger charge is -2.33. The first-order valence-electron chi connectivity index (χ1n) is 12.2. The maximum atomic E-state index is 13.9. The van der Waals surface area contributed by atoms with E-state index in [0.29, 0.717) is 30.1 Å². The van der Waals surface area contributed by atoms with Crippen LogP contribution in [0.5, 0.6) is 5.75 Å². The molecule has 9 heteroatoms. The highest BCUT2D eigenvalue weighted by molar-refractivity contribution is 6.04. The molecule has 1 saturated heterocycles. The molecule has 6 nitrogen and oxygen atoms in total. The molecule has 0 atom stereocenters. The van der Waals surface area contributed by atoms with Crippen molar-refractivity contribution in [1.29, 1.82) is 0 Å². The molecule has 2 heterocycles. The molecule has 1 N–H and O–H groups in total. The van der Waals surface area contributed by atoms with Crippen LogP contribution in [0.2, 0.25) is 0 Å². The van der Waals surface area contributed by atoms with E-state index in [1.807, 2.05) is 18.9 Å². The van der Waals surface area contributed by atoms with E-state index in [9.17, 15) is 18.0 Å². The van der Waals surface area contributed by atoms with E-state index in [2.05, 4.69) is 27.0 Å². The van der Waals surface area contributed by atoms with Crippen LogP contribution >= 0.6 is 0 Å². The van der Waals surface area contributed by atoms with Gasteiger partial charge in [0.15, 0.2) is 11.4 Å². The van der Waals surface area contributed by atoms with Crippen LogP contribution in [-0.2, 0) is 12.7 Å². The Morgan fingerprint density at radius 1 is 1.08 bits per heavy atom. The van der Waals surface area contributed by atoms with Crippen LogP contribution in [0.4, 0.5) is 18.9 Å². The van der Waals surface area contributed by atoms with Crippen molar-refractivity contribution in [2.24, 2.45) is 0 Å². The average molecular weight is 523 g/mol. The molecule has 38 heavy (non-hydrogen) atoms. The molecule has 4 rings (SSSR count). The summed E-state index contributed by atoms with van der Waals surface area (Å²) in [6, 6.07) is 12.4. The van der Waals surface area contributed by atoms with Gasteiger partial charge in [0.05, 0.1) is 12.7 Å². The van der Waals surface area contributed by atoms with Gasteiger partial charge in [0, 0.05) is 55.7 Å². The van der Waals surface area contributed by atoms with E-state index >= 15 is 0 Å². The van der Waals surface area contributed by atoms with Crippen LogP contribution in [0.3, 0.4) is 0 Å². The molecule has 2 aromatic carbocycles. The second-order valence-corrected chi connectivity index (χ2v) is 9.24. The Labute approximate surface area is 220 Å². The van der Waals surface area contributed by atoms with Gasteiger partial charge in [0.25, 0.3) is 5.91 Å². The Kier molecular flexibility index (Phi) is 8.35. The lowest BCUT2D eigenvalue weighted by atomic mass is 10.0. The van der Waals surface area contributed by atoms with Gasteiger partial charge in [-0.2, -0.15) is 13.2 Å². The smallest absolute Gasteiger partial charge is 0.416 e. The number of nitrogens with zero attached hydrogens (tertiary/aromatic N) is 3. The second-order valence-electron chi connectivity index (χ2n) is 9.24. The van der Waals surface area contributed by atoms with Gasteiger partial charge in [-0.05, 0) is 67.4 Å². The van der Waals surface area contributed by atoms with Gasteiger partial charge >= 0.3 is 6.18 Å². The number of alkyl halides is 3. The average Bonchev–Trinajstić information content (AvgIpc) is 2.90. The summed E-state index contributed by atoms with van der Waals surface area (Å²) in [5, 5.41) is 2.61. The summed E-state index contributed by atoms with van der Waals surface area (Å²) in [6.45, 7) is 5.10. The predicted octanol–water partition coefficient (Wildman–Crippen LogP) is 4.82.